The molecular formula is C14H18N4O3. The largest absolute Gasteiger partial charge is 0.347 e. The first kappa shape index (κ1) is 13.7. The van der Waals surface area contributed by atoms with Crippen LogP contribution in [0.3, 0.4) is 0 Å². The molecule has 0 radical (unpaired) electrons. The number of aryl methyl sites for hydroxylation is 1. The molecule has 2 aliphatic rings. The Hall–Kier alpha value is -2.31. The highest BCUT2D eigenvalue weighted by Gasteiger charge is 2.42. The molecule has 2 atom stereocenters. The second kappa shape index (κ2) is 4.91. The van der Waals surface area contributed by atoms with E-state index in [0.29, 0.717) is 18.8 Å². The summed E-state index contributed by atoms with van der Waals surface area (Å²) in [7, 11) is 1.81. The van der Waals surface area contributed by atoms with E-state index >= 15 is 0 Å². The molecule has 0 bridgehead atoms. The number of nitrogens with zero attached hydrogens (tertiary/aromatic N) is 3. The van der Waals surface area contributed by atoms with Crippen molar-refractivity contribution in [2.45, 2.75) is 19.0 Å². The van der Waals surface area contributed by atoms with E-state index in [2.05, 4.69) is 5.32 Å². The number of piperazine rings is 2. The van der Waals surface area contributed by atoms with Crippen LogP contribution in [0, 0.1) is 0 Å². The van der Waals surface area contributed by atoms with Crippen LogP contribution in [0.25, 0.3) is 0 Å². The van der Waals surface area contributed by atoms with Gasteiger partial charge in [-0.15, -0.1) is 0 Å². The average molecular weight is 290 g/mol. The van der Waals surface area contributed by atoms with Crippen molar-refractivity contribution in [1.29, 1.82) is 0 Å². The van der Waals surface area contributed by atoms with Gasteiger partial charge in [-0.3, -0.25) is 14.4 Å². The van der Waals surface area contributed by atoms with Crippen molar-refractivity contribution < 1.29 is 14.4 Å². The maximum absolute atomic E-state index is 12.5. The highest BCUT2D eigenvalue weighted by molar-refractivity contribution is 5.98. The lowest BCUT2D eigenvalue weighted by Gasteiger charge is -2.44. The smallest absolute Gasteiger partial charge is 0.270 e. The number of nitrogens with one attached hydrogen (secondary N) is 1. The minimum Gasteiger partial charge on any atom is -0.347 e. The fourth-order valence-corrected chi connectivity index (χ4v) is 2.92. The van der Waals surface area contributed by atoms with Gasteiger partial charge in [0, 0.05) is 26.3 Å². The normalized spacial score (nSPS) is 25.6. The van der Waals surface area contributed by atoms with Gasteiger partial charge in [-0.25, -0.2) is 0 Å². The van der Waals surface area contributed by atoms with E-state index in [0.717, 1.165) is 0 Å². The third kappa shape index (κ3) is 2.18. The van der Waals surface area contributed by atoms with E-state index in [4.69, 9.17) is 0 Å². The summed E-state index contributed by atoms with van der Waals surface area (Å²) in [6.45, 7) is 2.77. The first-order valence-corrected chi connectivity index (χ1v) is 7.00. The molecule has 7 nitrogen and oxygen atoms in total. The van der Waals surface area contributed by atoms with Crippen LogP contribution >= 0.6 is 0 Å². The minimum absolute atomic E-state index is 0.0782. The summed E-state index contributed by atoms with van der Waals surface area (Å²) in [4.78, 5) is 39.8. The molecule has 2 fully saturated rings. The zero-order valence-corrected chi connectivity index (χ0v) is 12.1. The van der Waals surface area contributed by atoms with Crippen LogP contribution in [0.5, 0.6) is 0 Å². The van der Waals surface area contributed by atoms with Gasteiger partial charge in [0.05, 0.1) is 6.54 Å². The number of amides is 3. The fraction of sp³-hybridized carbons (Fsp3) is 0.500. The van der Waals surface area contributed by atoms with Crippen LogP contribution in [0.2, 0.25) is 0 Å². The number of carbonyl (C=O) groups excluding carboxylic acids is 3. The fourth-order valence-electron chi connectivity index (χ4n) is 2.92. The van der Waals surface area contributed by atoms with Gasteiger partial charge in [-0.05, 0) is 19.1 Å². The highest BCUT2D eigenvalue weighted by Crippen LogP contribution is 2.18. The maximum Gasteiger partial charge on any atom is 0.270 e. The van der Waals surface area contributed by atoms with E-state index in [-0.39, 0.29) is 24.3 Å². The van der Waals surface area contributed by atoms with E-state index in [9.17, 15) is 14.4 Å². The third-order valence-electron chi connectivity index (χ3n) is 4.15. The Balaban J connectivity index is 1.78. The molecule has 1 N–H and O–H groups in total. The molecule has 2 unspecified atom stereocenters. The topological polar surface area (TPSA) is 74.7 Å². The van der Waals surface area contributed by atoms with E-state index in [1.807, 2.05) is 19.3 Å². The molecule has 1 aromatic heterocycles. The lowest BCUT2D eigenvalue weighted by atomic mass is 10.0. The molecular weight excluding hydrogens is 272 g/mol. The third-order valence-corrected chi connectivity index (χ3v) is 4.15. The van der Waals surface area contributed by atoms with Crippen molar-refractivity contribution in [3.63, 3.8) is 0 Å². The Labute approximate surface area is 122 Å². The Morgan fingerprint density at radius 3 is 2.76 bits per heavy atom. The number of aromatic nitrogens is 1. The van der Waals surface area contributed by atoms with Gasteiger partial charge in [0.25, 0.3) is 5.91 Å². The minimum atomic E-state index is -0.577. The summed E-state index contributed by atoms with van der Waals surface area (Å²) in [6, 6.07) is 2.50. The van der Waals surface area contributed by atoms with Crippen molar-refractivity contribution in [2.24, 2.45) is 7.05 Å². The number of carbonyl (C=O) groups is 3. The first-order chi connectivity index (χ1) is 9.99. The Bertz CT molecular complexity index is 609. The summed E-state index contributed by atoms with van der Waals surface area (Å²) in [5, 5.41) is 2.66. The van der Waals surface area contributed by atoms with Crippen molar-refractivity contribution in [3.05, 3.63) is 24.0 Å². The monoisotopic (exact) mass is 290 g/mol. The predicted octanol–water partition coefficient (Wildman–Crippen LogP) is -0.804. The van der Waals surface area contributed by atoms with Crippen LogP contribution in [-0.4, -0.2) is 63.8 Å². The molecule has 2 aliphatic heterocycles. The molecule has 112 valence electrons. The van der Waals surface area contributed by atoms with E-state index < -0.39 is 12.1 Å². The maximum atomic E-state index is 12.5. The highest BCUT2D eigenvalue weighted by atomic mass is 16.2. The molecule has 21 heavy (non-hydrogen) atoms. The van der Waals surface area contributed by atoms with Gasteiger partial charge >= 0.3 is 0 Å². The van der Waals surface area contributed by atoms with Gasteiger partial charge in [-0.1, -0.05) is 0 Å². The number of rotatable bonds is 1. The first-order valence-electron chi connectivity index (χ1n) is 7.00. The summed E-state index contributed by atoms with van der Waals surface area (Å²) >= 11 is 0. The van der Waals surface area contributed by atoms with Gasteiger partial charge in [-0.2, -0.15) is 0 Å². The Morgan fingerprint density at radius 2 is 2.10 bits per heavy atom. The zero-order chi connectivity index (χ0) is 15.1. The lowest BCUT2D eigenvalue weighted by molar-refractivity contribution is -0.151. The lowest BCUT2D eigenvalue weighted by Crippen LogP contribution is -2.69. The molecule has 0 aliphatic carbocycles. The molecule has 0 spiro atoms. The summed E-state index contributed by atoms with van der Waals surface area (Å²) in [6.07, 6.45) is 1.81. The Morgan fingerprint density at radius 1 is 1.33 bits per heavy atom. The van der Waals surface area contributed by atoms with Crippen molar-refractivity contribution in [2.75, 3.05) is 19.6 Å². The molecule has 7 heteroatoms. The average Bonchev–Trinajstić information content (AvgIpc) is 2.90. The predicted molar refractivity (Wildman–Crippen MR) is 74.4 cm³/mol. The van der Waals surface area contributed by atoms with Crippen molar-refractivity contribution >= 4 is 17.7 Å². The van der Waals surface area contributed by atoms with E-state index in [1.54, 1.807) is 27.4 Å². The summed E-state index contributed by atoms with van der Waals surface area (Å²) in [5.41, 5.74) is 0.583. The molecule has 2 saturated heterocycles. The van der Waals surface area contributed by atoms with Gasteiger partial charge in [0.1, 0.15) is 17.8 Å². The van der Waals surface area contributed by atoms with Crippen LogP contribution < -0.4 is 5.32 Å². The summed E-state index contributed by atoms with van der Waals surface area (Å²) < 4.78 is 1.75. The molecule has 3 heterocycles. The zero-order valence-electron chi connectivity index (χ0n) is 12.1. The van der Waals surface area contributed by atoms with Gasteiger partial charge < -0.3 is 19.7 Å². The number of hydrogen-bond acceptors (Lipinski definition) is 3. The quantitative estimate of drug-likeness (QED) is 0.735. The summed E-state index contributed by atoms with van der Waals surface area (Å²) in [5.74, 6) is -0.377. The van der Waals surface area contributed by atoms with Crippen LogP contribution in [-0.2, 0) is 16.6 Å². The van der Waals surface area contributed by atoms with Crippen molar-refractivity contribution in [1.82, 2.24) is 19.7 Å². The molecule has 0 saturated carbocycles. The second-order valence-corrected chi connectivity index (χ2v) is 5.53. The van der Waals surface area contributed by atoms with Crippen LogP contribution in [0.1, 0.15) is 17.4 Å². The van der Waals surface area contributed by atoms with Gasteiger partial charge in [0.15, 0.2) is 0 Å². The molecule has 3 rings (SSSR count). The second-order valence-electron chi connectivity index (χ2n) is 5.53. The SMILES string of the molecule is CC1NC(=O)C2CN(C(=O)c3cccn3C)CCN2C1=O. The number of hydrogen-bond donors (Lipinski definition) is 1. The number of fused-ring (bicyclic) bond motifs is 1. The van der Waals surface area contributed by atoms with Crippen LogP contribution in [0.4, 0.5) is 0 Å². The van der Waals surface area contributed by atoms with E-state index in [1.165, 1.54) is 0 Å². The molecule has 0 aromatic carbocycles. The standard InChI is InChI=1S/C14H18N4O3/c1-9-13(20)18-7-6-17(8-11(18)12(19)15-9)14(21)10-4-3-5-16(10)2/h3-5,9,11H,6-8H2,1-2H3,(H,15,19). The molecule has 1 aromatic rings. The molecule has 3 amide bonds. The van der Waals surface area contributed by atoms with Crippen LogP contribution in [0.15, 0.2) is 18.3 Å². The Kier molecular flexibility index (Phi) is 3.19. The van der Waals surface area contributed by atoms with Gasteiger partial charge in [0.2, 0.25) is 11.8 Å². The van der Waals surface area contributed by atoms with Crippen molar-refractivity contribution in [3.8, 4) is 0 Å².